The van der Waals surface area contributed by atoms with Gasteiger partial charge in [0.1, 0.15) is 5.15 Å². The molecule has 0 aliphatic heterocycles. The number of nitrogens with zero attached hydrogens (tertiary/aromatic N) is 1. The summed E-state index contributed by atoms with van der Waals surface area (Å²) in [6.07, 6.45) is 5.41. The number of hydrogen-bond donors (Lipinski definition) is 1. The number of aromatic nitrogens is 2. The number of halogens is 1. The highest BCUT2D eigenvalue weighted by Crippen LogP contribution is 2.20. The summed E-state index contributed by atoms with van der Waals surface area (Å²) in [6.45, 7) is 3.69. The Morgan fingerprint density at radius 2 is 2.42 bits per heavy atom. The maximum Gasteiger partial charge on any atom is 0.131 e. The Morgan fingerprint density at radius 3 is 3.17 bits per heavy atom. The fraction of sp³-hybridized carbons (Fsp3) is 0. The Hall–Kier alpha value is -1.28. The Balaban J connectivity index is 2.81. The minimum Gasteiger partial charge on any atom is -0.360 e. The van der Waals surface area contributed by atoms with E-state index < -0.39 is 0 Å². The maximum atomic E-state index is 5.71. The first-order chi connectivity index (χ1) is 5.81. The number of hydrogen-bond acceptors (Lipinski definition) is 1. The van der Waals surface area contributed by atoms with Crippen molar-refractivity contribution in [2.45, 2.75) is 0 Å². The van der Waals surface area contributed by atoms with E-state index in [9.17, 15) is 0 Å². The predicted octanol–water partition coefficient (Wildman–Crippen LogP) is 2.86. The van der Waals surface area contributed by atoms with Crippen LogP contribution in [-0.4, -0.2) is 9.97 Å². The molecule has 0 saturated carbocycles. The van der Waals surface area contributed by atoms with Crippen LogP contribution in [0.1, 0.15) is 5.56 Å². The van der Waals surface area contributed by atoms with Crippen LogP contribution in [0.25, 0.3) is 17.0 Å². The first kappa shape index (κ1) is 7.37. The van der Waals surface area contributed by atoms with Crippen molar-refractivity contribution >= 4 is 28.6 Å². The standard InChI is InChI=1S/C9H7ClN2/c1-2-6-4-11-8-3-9(10)12-5-7(6)8/h2-5,11H,1H2. The van der Waals surface area contributed by atoms with Crippen LogP contribution in [0.3, 0.4) is 0 Å². The van der Waals surface area contributed by atoms with Crippen LogP contribution in [0.5, 0.6) is 0 Å². The molecule has 12 heavy (non-hydrogen) atoms. The van der Waals surface area contributed by atoms with Gasteiger partial charge in [0.25, 0.3) is 0 Å². The van der Waals surface area contributed by atoms with Gasteiger partial charge in [0.15, 0.2) is 0 Å². The molecule has 0 aliphatic rings. The largest absolute Gasteiger partial charge is 0.360 e. The normalized spacial score (nSPS) is 10.4. The summed E-state index contributed by atoms with van der Waals surface area (Å²) in [5.41, 5.74) is 2.04. The van der Waals surface area contributed by atoms with Crippen molar-refractivity contribution in [1.82, 2.24) is 9.97 Å². The number of pyridine rings is 1. The zero-order valence-corrected chi connectivity index (χ0v) is 7.10. The van der Waals surface area contributed by atoms with Gasteiger partial charge in [-0.15, -0.1) is 0 Å². The first-order valence-corrected chi connectivity index (χ1v) is 3.94. The Labute approximate surface area is 74.9 Å². The van der Waals surface area contributed by atoms with Crippen LogP contribution in [0.4, 0.5) is 0 Å². The Morgan fingerprint density at radius 1 is 1.58 bits per heavy atom. The lowest BCUT2D eigenvalue weighted by molar-refractivity contribution is 1.35. The highest BCUT2D eigenvalue weighted by Gasteiger charge is 2.00. The molecule has 0 radical (unpaired) electrons. The van der Waals surface area contributed by atoms with E-state index in [1.807, 2.05) is 6.20 Å². The predicted molar refractivity (Wildman–Crippen MR) is 51.2 cm³/mol. The molecule has 0 spiro atoms. The Kier molecular flexibility index (Phi) is 1.62. The van der Waals surface area contributed by atoms with E-state index in [-0.39, 0.29) is 0 Å². The van der Waals surface area contributed by atoms with Crippen molar-refractivity contribution in [1.29, 1.82) is 0 Å². The van der Waals surface area contributed by atoms with E-state index in [1.54, 1.807) is 18.3 Å². The molecule has 60 valence electrons. The minimum atomic E-state index is 0.500. The molecule has 0 bridgehead atoms. The van der Waals surface area contributed by atoms with Crippen LogP contribution < -0.4 is 0 Å². The molecular weight excluding hydrogens is 172 g/mol. The first-order valence-electron chi connectivity index (χ1n) is 3.56. The van der Waals surface area contributed by atoms with Crippen LogP contribution in [0.2, 0.25) is 5.15 Å². The van der Waals surface area contributed by atoms with Gasteiger partial charge in [-0.3, -0.25) is 0 Å². The molecular formula is C9H7ClN2. The van der Waals surface area contributed by atoms with Crippen LogP contribution in [0.15, 0.2) is 25.0 Å². The van der Waals surface area contributed by atoms with Gasteiger partial charge in [0.05, 0.1) is 5.52 Å². The van der Waals surface area contributed by atoms with Crippen molar-refractivity contribution in [3.05, 3.63) is 35.8 Å². The Bertz CT molecular complexity index is 431. The van der Waals surface area contributed by atoms with E-state index in [0.717, 1.165) is 16.5 Å². The van der Waals surface area contributed by atoms with Gasteiger partial charge in [-0.2, -0.15) is 0 Å². The highest BCUT2D eigenvalue weighted by molar-refractivity contribution is 6.30. The van der Waals surface area contributed by atoms with Gasteiger partial charge in [-0.25, -0.2) is 4.98 Å². The van der Waals surface area contributed by atoms with E-state index in [1.165, 1.54) is 0 Å². The van der Waals surface area contributed by atoms with Gasteiger partial charge in [0, 0.05) is 23.3 Å². The molecule has 2 rings (SSSR count). The molecule has 2 aromatic heterocycles. The second kappa shape index (κ2) is 2.64. The van der Waals surface area contributed by atoms with E-state index in [2.05, 4.69) is 16.5 Å². The molecule has 0 atom stereocenters. The van der Waals surface area contributed by atoms with Crippen molar-refractivity contribution in [2.75, 3.05) is 0 Å². The van der Waals surface area contributed by atoms with Gasteiger partial charge >= 0.3 is 0 Å². The van der Waals surface area contributed by atoms with Crippen molar-refractivity contribution in [3.63, 3.8) is 0 Å². The smallest absolute Gasteiger partial charge is 0.131 e. The van der Waals surface area contributed by atoms with E-state index in [0.29, 0.717) is 5.15 Å². The third kappa shape index (κ3) is 1.01. The molecule has 0 amide bonds. The molecule has 2 heterocycles. The summed E-state index contributed by atoms with van der Waals surface area (Å²) >= 11 is 5.71. The third-order valence-electron chi connectivity index (χ3n) is 1.78. The second-order valence-corrected chi connectivity index (χ2v) is 2.89. The number of rotatable bonds is 1. The topological polar surface area (TPSA) is 28.7 Å². The second-order valence-electron chi connectivity index (χ2n) is 2.50. The average molecular weight is 179 g/mol. The number of nitrogens with one attached hydrogen (secondary N) is 1. The maximum absolute atomic E-state index is 5.71. The molecule has 0 aliphatic carbocycles. The van der Waals surface area contributed by atoms with E-state index in [4.69, 9.17) is 11.6 Å². The highest BCUT2D eigenvalue weighted by atomic mass is 35.5. The monoisotopic (exact) mass is 178 g/mol. The molecule has 0 unspecified atom stereocenters. The fourth-order valence-corrected chi connectivity index (χ4v) is 1.34. The molecule has 2 aromatic rings. The lowest BCUT2D eigenvalue weighted by atomic mass is 10.2. The molecule has 0 fully saturated rings. The summed E-state index contributed by atoms with van der Waals surface area (Å²) < 4.78 is 0. The van der Waals surface area contributed by atoms with Crippen molar-refractivity contribution < 1.29 is 0 Å². The van der Waals surface area contributed by atoms with Crippen molar-refractivity contribution in [2.24, 2.45) is 0 Å². The number of H-pyrrole nitrogens is 1. The molecule has 0 aromatic carbocycles. The zero-order chi connectivity index (χ0) is 8.55. The van der Waals surface area contributed by atoms with Gasteiger partial charge in [-0.1, -0.05) is 24.3 Å². The summed E-state index contributed by atoms with van der Waals surface area (Å²) in [6, 6.07) is 1.80. The summed E-state index contributed by atoms with van der Waals surface area (Å²) in [5.74, 6) is 0. The third-order valence-corrected chi connectivity index (χ3v) is 1.99. The van der Waals surface area contributed by atoms with Crippen molar-refractivity contribution in [3.8, 4) is 0 Å². The molecule has 2 nitrogen and oxygen atoms in total. The summed E-state index contributed by atoms with van der Waals surface area (Å²) in [7, 11) is 0. The van der Waals surface area contributed by atoms with Gasteiger partial charge in [-0.05, 0) is 6.07 Å². The van der Waals surface area contributed by atoms with E-state index >= 15 is 0 Å². The molecule has 0 saturated heterocycles. The summed E-state index contributed by atoms with van der Waals surface area (Å²) in [5, 5.41) is 1.55. The van der Waals surface area contributed by atoms with Crippen LogP contribution in [-0.2, 0) is 0 Å². The van der Waals surface area contributed by atoms with Gasteiger partial charge in [0.2, 0.25) is 0 Å². The van der Waals surface area contributed by atoms with Crippen LogP contribution >= 0.6 is 11.6 Å². The number of fused-ring (bicyclic) bond motifs is 1. The SMILES string of the molecule is C=Cc1c[nH]c2cc(Cl)ncc12. The fourth-order valence-electron chi connectivity index (χ4n) is 1.18. The average Bonchev–Trinajstić information content (AvgIpc) is 2.46. The molecule has 3 heteroatoms. The molecule has 1 N–H and O–H groups in total. The quantitative estimate of drug-likeness (QED) is 0.669. The lowest BCUT2D eigenvalue weighted by Gasteiger charge is -1.90. The lowest BCUT2D eigenvalue weighted by Crippen LogP contribution is -1.74. The summed E-state index contributed by atoms with van der Waals surface area (Å²) in [4.78, 5) is 7.07. The van der Waals surface area contributed by atoms with Crippen LogP contribution in [0, 0.1) is 0 Å². The van der Waals surface area contributed by atoms with Gasteiger partial charge < -0.3 is 4.98 Å². The number of aromatic amines is 1. The minimum absolute atomic E-state index is 0.500. The zero-order valence-electron chi connectivity index (χ0n) is 6.34.